The Labute approximate surface area is 116 Å². The zero-order chi connectivity index (χ0) is 10.7. The lowest BCUT2D eigenvalue weighted by Crippen LogP contribution is -2.67. The molecule has 0 aromatic rings. The van der Waals surface area contributed by atoms with Crippen LogP contribution < -0.4 is 10.6 Å². The van der Waals surface area contributed by atoms with Crippen molar-refractivity contribution in [3.05, 3.63) is 0 Å². The van der Waals surface area contributed by atoms with Crippen LogP contribution in [0.1, 0.15) is 13.8 Å². The summed E-state index contributed by atoms with van der Waals surface area (Å²) in [6.45, 7) is 9.51. The van der Waals surface area contributed by atoms with Gasteiger partial charge in [0.05, 0.1) is 0 Å². The van der Waals surface area contributed by atoms with Crippen molar-refractivity contribution < 1.29 is 9.47 Å². The van der Waals surface area contributed by atoms with E-state index in [9.17, 15) is 0 Å². The predicted molar refractivity (Wildman–Crippen MR) is 73.2 cm³/mol. The molecule has 0 amide bonds. The van der Waals surface area contributed by atoms with Crippen LogP contribution in [0.5, 0.6) is 0 Å². The number of nitrogens with one attached hydrogen (secondary N) is 2. The van der Waals surface area contributed by atoms with E-state index in [-0.39, 0.29) is 30.6 Å². The van der Waals surface area contributed by atoms with Gasteiger partial charge in [-0.15, -0.1) is 24.8 Å². The van der Waals surface area contributed by atoms with Gasteiger partial charge in [0.2, 0.25) is 0 Å². The average Bonchev–Trinajstić information content (AvgIpc) is 2.17. The maximum absolute atomic E-state index is 5.98. The van der Waals surface area contributed by atoms with Crippen LogP contribution in [0.4, 0.5) is 0 Å². The fraction of sp³-hybridized carbons (Fsp3) is 1.00. The monoisotopic (exact) mass is 286 g/mol. The Morgan fingerprint density at radius 2 is 1.24 bits per heavy atom. The second-order valence-corrected chi connectivity index (χ2v) is 4.30. The molecule has 0 aromatic heterocycles. The molecular weight excluding hydrogens is 263 g/mol. The Balaban J connectivity index is 0.00000128. The number of ether oxygens (including phenoxy) is 2. The van der Waals surface area contributed by atoms with E-state index in [0.717, 1.165) is 39.4 Å². The van der Waals surface area contributed by atoms with E-state index in [0.29, 0.717) is 11.8 Å². The van der Waals surface area contributed by atoms with E-state index in [1.54, 1.807) is 0 Å². The lowest BCUT2D eigenvalue weighted by Gasteiger charge is -2.52. The molecule has 0 spiro atoms. The fourth-order valence-electron chi connectivity index (χ4n) is 2.87. The third-order valence-electron chi connectivity index (χ3n) is 3.44. The Hall–Kier alpha value is 0.420. The highest BCUT2D eigenvalue weighted by atomic mass is 35.5. The summed E-state index contributed by atoms with van der Waals surface area (Å²) in [6, 6.07) is 0. The summed E-state index contributed by atoms with van der Waals surface area (Å²) in [4.78, 5) is 0. The van der Waals surface area contributed by atoms with Gasteiger partial charge in [0.25, 0.3) is 0 Å². The van der Waals surface area contributed by atoms with Gasteiger partial charge < -0.3 is 20.1 Å². The molecule has 2 fully saturated rings. The molecule has 0 saturated carbocycles. The topological polar surface area (TPSA) is 42.5 Å². The summed E-state index contributed by atoms with van der Waals surface area (Å²) in [5.41, 5.74) is 0. The molecule has 2 aliphatic heterocycles. The van der Waals surface area contributed by atoms with Gasteiger partial charge in [0, 0.05) is 51.2 Å². The van der Waals surface area contributed by atoms with E-state index in [1.165, 1.54) is 0 Å². The standard InChI is InChI=1S/C11H22N2O2.2ClH/c1-3-14-11(15-4-2)9-5-12-7-10(11)8-13-6-9;;/h9-10,12-13H,3-8H2,1-2H3;2*1H. The lowest BCUT2D eigenvalue weighted by molar-refractivity contribution is -0.305. The molecule has 104 valence electrons. The number of hydrogen-bond acceptors (Lipinski definition) is 4. The van der Waals surface area contributed by atoms with E-state index in [1.807, 2.05) is 13.8 Å². The van der Waals surface area contributed by atoms with E-state index in [4.69, 9.17) is 9.47 Å². The zero-order valence-corrected chi connectivity index (χ0v) is 12.2. The first-order valence-corrected chi connectivity index (χ1v) is 6.02. The minimum absolute atomic E-state index is 0. The van der Waals surface area contributed by atoms with Gasteiger partial charge >= 0.3 is 0 Å². The highest BCUT2D eigenvalue weighted by Crippen LogP contribution is 2.36. The number of rotatable bonds is 4. The highest BCUT2D eigenvalue weighted by molar-refractivity contribution is 5.85. The van der Waals surface area contributed by atoms with E-state index < -0.39 is 0 Å². The van der Waals surface area contributed by atoms with Crippen molar-refractivity contribution in [1.82, 2.24) is 10.6 Å². The van der Waals surface area contributed by atoms with Crippen LogP contribution in [0.2, 0.25) is 0 Å². The minimum atomic E-state index is -0.333. The molecule has 2 N–H and O–H groups in total. The summed E-state index contributed by atoms with van der Waals surface area (Å²) < 4.78 is 12.0. The first-order chi connectivity index (χ1) is 7.33. The molecule has 2 saturated heterocycles. The number of hydrogen-bond donors (Lipinski definition) is 2. The Morgan fingerprint density at radius 1 is 0.882 bits per heavy atom. The minimum Gasteiger partial charge on any atom is -0.349 e. The third kappa shape index (κ3) is 3.25. The lowest BCUT2D eigenvalue weighted by atomic mass is 9.79. The molecule has 6 heteroatoms. The molecule has 2 heterocycles. The van der Waals surface area contributed by atoms with Gasteiger partial charge in [0.1, 0.15) is 0 Å². The molecule has 2 aliphatic rings. The van der Waals surface area contributed by atoms with Crippen molar-refractivity contribution in [2.45, 2.75) is 19.6 Å². The van der Waals surface area contributed by atoms with Crippen LogP contribution in [0.25, 0.3) is 0 Å². The van der Waals surface area contributed by atoms with Crippen LogP contribution >= 0.6 is 24.8 Å². The molecule has 2 bridgehead atoms. The van der Waals surface area contributed by atoms with Crippen molar-refractivity contribution >= 4 is 24.8 Å². The summed E-state index contributed by atoms with van der Waals surface area (Å²) in [6.07, 6.45) is 0. The normalized spacial score (nSPS) is 30.0. The molecule has 17 heavy (non-hydrogen) atoms. The predicted octanol–water partition coefficient (Wildman–Crippen LogP) is 1.04. The first-order valence-electron chi connectivity index (χ1n) is 6.02. The van der Waals surface area contributed by atoms with Gasteiger partial charge in [-0.1, -0.05) is 0 Å². The van der Waals surface area contributed by atoms with Crippen molar-refractivity contribution in [3.63, 3.8) is 0 Å². The summed E-state index contributed by atoms with van der Waals surface area (Å²) >= 11 is 0. The molecule has 0 radical (unpaired) electrons. The number of fused-ring (bicyclic) bond motifs is 2. The SMILES string of the molecule is CCOC1(OCC)C2CNCC1CNC2.Cl.Cl. The molecule has 0 aromatic carbocycles. The third-order valence-corrected chi connectivity index (χ3v) is 3.44. The highest BCUT2D eigenvalue weighted by Gasteiger charge is 2.51. The molecule has 0 unspecified atom stereocenters. The Kier molecular flexibility index (Phi) is 7.96. The van der Waals surface area contributed by atoms with Crippen molar-refractivity contribution in [2.75, 3.05) is 39.4 Å². The van der Waals surface area contributed by atoms with Crippen LogP contribution in [-0.4, -0.2) is 45.2 Å². The first kappa shape index (κ1) is 17.4. The summed E-state index contributed by atoms with van der Waals surface area (Å²) in [7, 11) is 0. The number of piperidine rings is 2. The molecular formula is C11H24Cl2N2O2. The maximum atomic E-state index is 5.98. The smallest absolute Gasteiger partial charge is 0.178 e. The quantitative estimate of drug-likeness (QED) is 0.758. The van der Waals surface area contributed by atoms with E-state index >= 15 is 0 Å². The van der Waals surface area contributed by atoms with Gasteiger partial charge in [-0.3, -0.25) is 0 Å². The van der Waals surface area contributed by atoms with Crippen LogP contribution in [0.3, 0.4) is 0 Å². The Morgan fingerprint density at radius 3 is 1.53 bits per heavy atom. The molecule has 4 nitrogen and oxygen atoms in total. The maximum Gasteiger partial charge on any atom is 0.178 e. The second kappa shape index (κ2) is 7.77. The average molecular weight is 287 g/mol. The van der Waals surface area contributed by atoms with Gasteiger partial charge in [-0.2, -0.15) is 0 Å². The van der Waals surface area contributed by atoms with Crippen LogP contribution in [0, 0.1) is 11.8 Å². The van der Waals surface area contributed by atoms with E-state index in [2.05, 4.69) is 10.6 Å². The van der Waals surface area contributed by atoms with Crippen molar-refractivity contribution in [2.24, 2.45) is 11.8 Å². The van der Waals surface area contributed by atoms with Gasteiger partial charge in [0.15, 0.2) is 5.79 Å². The number of halogens is 2. The molecule has 0 atom stereocenters. The van der Waals surface area contributed by atoms with Crippen molar-refractivity contribution in [3.8, 4) is 0 Å². The van der Waals surface area contributed by atoms with Gasteiger partial charge in [-0.05, 0) is 13.8 Å². The fourth-order valence-corrected chi connectivity index (χ4v) is 2.87. The summed E-state index contributed by atoms with van der Waals surface area (Å²) in [5, 5.41) is 6.92. The van der Waals surface area contributed by atoms with Crippen molar-refractivity contribution in [1.29, 1.82) is 0 Å². The Bertz CT molecular complexity index is 190. The largest absolute Gasteiger partial charge is 0.349 e. The van der Waals surface area contributed by atoms with Gasteiger partial charge in [-0.25, -0.2) is 0 Å². The molecule has 2 rings (SSSR count). The van der Waals surface area contributed by atoms with Crippen LogP contribution in [0.15, 0.2) is 0 Å². The second-order valence-electron chi connectivity index (χ2n) is 4.30. The summed E-state index contributed by atoms with van der Waals surface area (Å²) in [5.74, 6) is 0.537. The van der Waals surface area contributed by atoms with Crippen LogP contribution in [-0.2, 0) is 9.47 Å². The zero-order valence-electron chi connectivity index (χ0n) is 10.5. The molecule has 0 aliphatic carbocycles.